The molecule has 2 amide bonds. The van der Waals surface area contributed by atoms with Gasteiger partial charge in [-0.05, 0) is 23.8 Å². The Labute approximate surface area is 169 Å². The van der Waals surface area contributed by atoms with Gasteiger partial charge in [-0.2, -0.15) is 4.99 Å². The first kappa shape index (κ1) is 19.8. The van der Waals surface area contributed by atoms with Crippen molar-refractivity contribution in [3.05, 3.63) is 102 Å². The van der Waals surface area contributed by atoms with Crippen LogP contribution < -0.4 is 15.8 Å². The molecule has 0 bridgehead atoms. The van der Waals surface area contributed by atoms with Crippen LogP contribution in [-0.4, -0.2) is 24.8 Å². The molecule has 0 aliphatic rings. The minimum absolute atomic E-state index is 0.0900. The van der Waals surface area contributed by atoms with Crippen molar-refractivity contribution in [1.82, 2.24) is 5.32 Å². The van der Waals surface area contributed by atoms with Crippen LogP contribution in [0.4, 0.5) is 0 Å². The summed E-state index contributed by atoms with van der Waals surface area (Å²) in [5.74, 6) is -0.341. The van der Waals surface area contributed by atoms with Crippen molar-refractivity contribution < 1.29 is 14.3 Å². The summed E-state index contributed by atoms with van der Waals surface area (Å²) in [5.41, 5.74) is 7.61. The summed E-state index contributed by atoms with van der Waals surface area (Å²) in [6.07, 6.45) is 0. The van der Waals surface area contributed by atoms with Crippen LogP contribution in [-0.2, 0) is 4.79 Å². The highest BCUT2D eigenvalue weighted by Crippen LogP contribution is 2.18. The summed E-state index contributed by atoms with van der Waals surface area (Å²) in [5, 5.41) is 2.75. The molecule has 3 aromatic rings. The van der Waals surface area contributed by atoms with Crippen molar-refractivity contribution in [2.75, 3.05) is 7.11 Å². The van der Waals surface area contributed by atoms with Crippen LogP contribution in [0.3, 0.4) is 0 Å². The Bertz CT molecular complexity index is 1020. The maximum absolute atomic E-state index is 12.9. The van der Waals surface area contributed by atoms with E-state index in [2.05, 4.69) is 10.3 Å². The fourth-order valence-corrected chi connectivity index (χ4v) is 2.77. The summed E-state index contributed by atoms with van der Waals surface area (Å²) in [4.78, 5) is 29.7. The number of nitrogens with one attached hydrogen (secondary N) is 1. The molecule has 3 rings (SSSR count). The number of benzene rings is 3. The van der Waals surface area contributed by atoms with Crippen LogP contribution in [0.25, 0.3) is 0 Å². The molecule has 3 aromatic carbocycles. The summed E-state index contributed by atoms with van der Waals surface area (Å²) in [7, 11) is 1.52. The normalized spacial score (nSPS) is 12.1. The van der Waals surface area contributed by atoms with E-state index in [0.717, 1.165) is 0 Å². The van der Waals surface area contributed by atoms with E-state index >= 15 is 0 Å². The van der Waals surface area contributed by atoms with Crippen LogP contribution in [0.1, 0.15) is 27.5 Å². The Morgan fingerprint density at radius 3 is 2.17 bits per heavy atom. The van der Waals surface area contributed by atoms with Crippen LogP contribution >= 0.6 is 0 Å². The van der Waals surface area contributed by atoms with E-state index in [9.17, 15) is 9.59 Å². The van der Waals surface area contributed by atoms with Crippen molar-refractivity contribution in [2.45, 2.75) is 6.04 Å². The number of carbonyl (C=O) groups excluding carboxylic acids is 2. The van der Waals surface area contributed by atoms with Gasteiger partial charge in [0.2, 0.25) is 0 Å². The topological polar surface area (TPSA) is 93.8 Å². The second-order valence-corrected chi connectivity index (χ2v) is 6.25. The standard InChI is InChI=1S/C23H21N3O3/c1-29-19-14-8-13-18(15-19)22(27)25-20(16-9-4-2-5-10-16)23(28)26-21(24)17-11-6-3-7-12-17/h2-15,20H,1H3,(H,25,27)(H2,24,26,28). The zero-order valence-electron chi connectivity index (χ0n) is 15.9. The third-order valence-electron chi connectivity index (χ3n) is 4.29. The summed E-state index contributed by atoms with van der Waals surface area (Å²) in [6.45, 7) is 0. The predicted octanol–water partition coefficient (Wildman–Crippen LogP) is 3.10. The third-order valence-corrected chi connectivity index (χ3v) is 4.29. The van der Waals surface area contributed by atoms with Crippen LogP contribution in [0.5, 0.6) is 5.75 Å². The van der Waals surface area contributed by atoms with Gasteiger partial charge in [-0.1, -0.05) is 66.7 Å². The van der Waals surface area contributed by atoms with Gasteiger partial charge < -0.3 is 15.8 Å². The molecule has 1 atom stereocenters. The first-order valence-corrected chi connectivity index (χ1v) is 9.02. The molecule has 0 radical (unpaired) electrons. The number of nitrogens with zero attached hydrogens (tertiary/aromatic N) is 1. The number of hydrogen-bond donors (Lipinski definition) is 2. The molecular formula is C23H21N3O3. The molecule has 29 heavy (non-hydrogen) atoms. The maximum Gasteiger partial charge on any atom is 0.274 e. The molecule has 0 saturated carbocycles. The van der Waals surface area contributed by atoms with E-state index in [1.165, 1.54) is 7.11 Å². The summed E-state index contributed by atoms with van der Waals surface area (Å²) in [6, 6.07) is 23.6. The lowest BCUT2D eigenvalue weighted by Gasteiger charge is -2.17. The Hall–Kier alpha value is -3.93. The molecule has 0 saturated heterocycles. The minimum Gasteiger partial charge on any atom is -0.497 e. The van der Waals surface area contributed by atoms with Crippen LogP contribution in [0.15, 0.2) is 89.9 Å². The number of hydrogen-bond acceptors (Lipinski definition) is 3. The molecule has 0 spiro atoms. The molecule has 1 unspecified atom stereocenters. The van der Waals surface area contributed by atoms with Crippen LogP contribution in [0.2, 0.25) is 0 Å². The molecule has 6 nitrogen and oxygen atoms in total. The number of amidine groups is 1. The number of ether oxygens (including phenoxy) is 1. The summed E-state index contributed by atoms with van der Waals surface area (Å²) >= 11 is 0. The van der Waals surface area contributed by atoms with Gasteiger partial charge in [0.1, 0.15) is 17.6 Å². The largest absolute Gasteiger partial charge is 0.497 e. The average Bonchev–Trinajstić information content (AvgIpc) is 2.78. The van der Waals surface area contributed by atoms with E-state index in [1.807, 2.05) is 12.1 Å². The third kappa shape index (κ3) is 5.07. The number of methoxy groups -OCH3 is 1. The van der Waals surface area contributed by atoms with E-state index in [4.69, 9.17) is 10.5 Å². The second-order valence-electron chi connectivity index (χ2n) is 6.25. The fourth-order valence-electron chi connectivity index (χ4n) is 2.77. The van der Waals surface area contributed by atoms with Gasteiger partial charge in [0.15, 0.2) is 0 Å². The molecule has 0 aromatic heterocycles. The van der Waals surface area contributed by atoms with E-state index in [1.54, 1.807) is 72.8 Å². The predicted molar refractivity (Wildman–Crippen MR) is 112 cm³/mol. The lowest BCUT2D eigenvalue weighted by atomic mass is 10.1. The Morgan fingerprint density at radius 2 is 1.52 bits per heavy atom. The molecule has 3 N–H and O–H groups in total. The van der Waals surface area contributed by atoms with Crippen molar-refractivity contribution in [2.24, 2.45) is 10.7 Å². The van der Waals surface area contributed by atoms with Crippen LogP contribution in [0, 0.1) is 0 Å². The lowest BCUT2D eigenvalue weighted by Crippen LogP contribution is -2.34. The Morgan fingerprint density at radius 1 is 0.897 bits per heavy atom. The van der Waals surface area contributed by atoms with Gasteiger partial charge >= 0.3 is 0 Å². The smallest absolute Gasteiger partial charge is 0.274 e. The molecule has 0 heterocycles. The second kappa shape index (κ2) is 9.32. The average molecular weight is 387 g/mol. The van der Waals surface area contributed by atoms with Crippen molar-refractivity contribution in [3.63, 3.8) is 0 Å². The van der Waals surface area contributed by atoms with Gasteiger partial charge in [-0.3, -0.25) is 9.59 Å². The fraction of sp³-hybridized carbons (Fsp3) is 0.0870. The van der Waals surface area contributed by atoms with Crippen molar-refractivity contribution in [3.8, 4) is 5.75 Å². The number of amides is 2. The molecule has 0 aliphatic carbocycles. The monoisotopic (exact) mass is 387 g/mol. The van der Waals surface area contributed by atoms with Crippen molar-refractivity contribution in [1.29, 1.82) is 0 Å². The highest BCUT2D eigenvalue weighted by atomic mass is 16.5. The number of nitrogens with two attached hydrogens (primary N) is 1. The maximum atomic E-state index is 12.9. The number of carbonyl (C=O) groups is 2. The molecule has 0 aliphatic heterocycles. The SMILES string of the molecule is COc1cccc(C(=O)NC(C(=O)N=C(N)c2ccccc2)c2ccccc2)c1. The van der Waals surface area contributed by atoms with E-state index in [-0.39, 0.29) is 5.84 Å². The first-order valence-electron chi connectivity index (χ1n) is 9.02. The number of rotatable bonds is 6. The molecular weight excluding hydrogens is 366 g/mol. The van der Waals surface area contributed by atoms with Gasteiger partial charge in [0.05, 0.1) is 7.11 Å². The minimum atomic E-state index is -0.975. The van der Waals surface area contributed by atoms with Gasteiger partial charge in [0.25, 0.3) is 11.8 Å². The highest BCUT2D eigenvalue weighted by molar-refractivity contribution is 6.06. The molecule has 0 fully saturated rings. The molecule has 6 heteroatoms. The van der Waals surface area contributed by atoms with Gasteiger partial charge in [-0.25, -0.2) is 0 Å². The highest BCUT2D eigenvalue weighted by Gasteiger charge is 2.23. The van der Waals surface area contributed by atoms with Gasteiger partial charge in [-0.15, -0.1) is 0 Å². The zero-order chi connectivity index (χ0) is 20.6. The number of aliphatic imine (C=N–C) groups is 1. The van der Waals surface area contributed by atoms with Crippen molar-refractivity contribution >= 4 is 17.6 Å². The lowest BCUT2D eigenvalue weighted by molar-refractivity contribution is -0.119. The Balaban J connectivity index is 1.89. The zero-order valence-corrected chi connectivity index (χ0v) is 15.9. The molecule has 146 valence electrons. The van der Waals surface area contributed by atoms with E-state index in [0.29, 0.717) is 22.4 Å². The van der Waals surface area contributed by atoms with E-state index < -0.39 is 17.9 Å². The van der Waals surface area contributed by atoms with Gasteiger partial charge in [0, 0.05) is 11.1 Å². The Kier molecular flexibility index (Phi) is 6.37. The summed E-state index contributed by atoms with van der Waals surface area (Å²) < 4.78 is 5.16. The first-order chi connectivity index (χ1) is 14.1. The quantitative estimate of drug-likeness (QED) is 0.502.